The van der Waals surface area contributed by atoms with Gasteiger partial charge in [0.15, 0.2) is 6.10 Å². The molecule has 0 saturated heterocycles. The molecule has 0 radical (unpaired) electrons. The maximum absolute atomic E-state index is 12.9. The van der Waals surface area contributed by atoms with Crippen LogP contribution in [-0.4, -0.2) is 37.2 Å². The van der Waals surface area contributed by atoms with Gasteiger partial charge in [0, 0.05) is 19.3 Å². The van der Waals surface area contributed by atoms with Gasteiger partial charge in [-0.3, -0.25) is 14.4 Å². The Kier molecular flexibility index (Phi) is 61.0. The van der Waals surface area contributed by atoms with Gasteiger partial charge in [0.05, 0.1) is 0 Å². The summed E-state index contributed by atoms with van der Waals surface area (Å²) in [7, 11) is 0. The number of hydrogen-bond acceptors (Lipinski definition) is 6. The molecule has 0 amide bonds. The van der Waals surface area contributed by atoms with Crippen LogP contribution in [0, 0.1) is 0 Å². The molecule has 0 aromatic heterocycles. The van der Waals surface area contributed by atoms with Gasteiger partial charge in [-0.1, -0.05) is 255 Å². The van der Waals surface area contributed by atoms with Crippen LogP contribution < -0.4 is 0 Å². The van der Waals surface area contributed by atoms with Crippen molar-refractivity contribution in [3.8, 4) is 0 Å². The summed E-state index contributed by atoms with van der Waals surface area (Å²) in [5, 5.41) is 0. The van der Waals surface area contributed by atoms with Gasteiger partial charge < -0.3 is 14.2 Å². The fourth-order valence-electron chi connectivity index (χ4n) is 8.07. The fraction of sp³-hybridized carbons (Fsp3) is 0.575. The molecule has 0 spiro atoms. The van der Waals surface area contributed by atoms with Crippen molar-refractivity contribution < 1.29 is 28.6 Å². The lowest BCUT2D eigenvalue weighted by atomic mass is 10.1. The predicted octanol–water partition coefficient (Wildman–Crippen LogP) is 21.9. The Balaban J connectivity index is 4.44. The molecular weight excluding hydrogens is 973 g/mol. The summed E-state index contributed by atoms with van der Waals surface area (Å²) in [6, 6.07) is 0. The van der Waals surface area contributed by atoms with E-state index in [1.54, 1.807) is 0 Å². The van der Waals surface area contributed by atoms with Gasteiger partial charge in [-0.2, -0.15) is 0 Å². The van der Waals surface area contributed by atoms with Crippen LogP contribution in [0.2, 0.25) is 0 Å². The number of esters is 3. The molecule has 0 aliphatic carbocycles. The Morgan fingerprint density at radius 2 is 0.456 bits per heavy atom. The SMILES string of the molecule is CC/C=C\C/C=C\C/C=C\C/C=C\C/C=C\C/C=C\C/C=C\CCCCCCCC(=O)OCC(COC(=O)CCCCC/C=C\C/C=C\C/C=C\CC)OC(=O)CCCCCCCCCC/C=C\C/C=C\C/C=C\C/C=C\CC. The minimum atomic E-state index is -0.814. The second-order valence-corrected chi connectivity index (χ2v) is 20.2. The van der Waals surface area contributed by atoms with E-state index in [0.29, 0.717) is 19.3 Å². The summed E-state index contributed by atoms with van der Waals surface area (Å²) in [5.41, 5.74) is 0. The Bertz CT molecular complexity index is 1820. The zero-order valence-electron chi connectivity index (χ0n) is 50.6. The summed E-state index contributed by atoms with van der Waals surface area (Å²) in [6.07, 6.45) is 96.4. The zero-order valence-corrected chi connectivity index (χ0v) is 50.6. The van der Waals surface area contributed by atoms with Gasteiger partial charge in [-0.25, -0.2) is 0 Å². The molecule has 0 heterocycles. The van der Waals surface area contributed by atoms with Crippen LogP contribution in [0.5, 0.6) is 0 Å². The molecular formula is C73H114O6. The topological polar surface area (TPSA) is 78.9 Å². The van der Waals surface area contributed by atoms with Gasteiger partial charge in [0.25, 0.3) is 0 Å². The number of hydrogen-bond donors (Lipinski definition) is 0. The van der Waals surface area contributed by atoms with Crippen molar-refractivity contribution in [2.75, 3.05) is 13.2 Å². The Morgan fingerprint density at radius 1 is 0.253 bits per heavy atom. The zero-order chi connectivity index (χ0) is 57.1. The van der Waals surface area contributed by atoms with Crippen LogP contribution in [0.4, 0.5) is 0 Å². The summed E-state index contributed by atoms with van der Waals surface area (Å²) in [5.74, 6) is -0.970. The molecule has 0 aromatic carbocycles. The Labute approximate surface area is 485 Å². The molecule has 6 nitrogen and oxygen atoms in total. The highest BCUT2D eigenvalue weighted by Crippen LogP contribution is 2.14. The largest absolute Gasteiger partial charge is 0.462 e. The minimum absolute atomic E-state index is 0.109. The number of rotatable bonds is 55. The molecule has 0 fully saturated rings. The van der Waals surface area contributed by atoms with Crippen molar-refractivity contribution in [3.63, 3.8) is 0 Å². The highest BCUT2D eigenvalue weighted by atomic mass is 16.6. The van der Waals surface area contributed by atoms with E-state index in [2.05, 4.69) is 191 Å². The van der Waals surface area contributed by atoms with Gasteiger partial charge in [-0.05, 0) is 148 Å². The first kappa shape index (κ1) is 73.8. The van der Waals surface area contributed by atoms with Gasteiger partial charge in [0.2, 0.25) is 0 Å². The third-order valence-corrected chi connectivity index (χ3v) is 12.7. The molecule has 1 atom stereocenters. The molecule has 0 bridgehead atoms. The average molecular weight is 1090 g/mol. The van der Waals surface area contributed by atoms with E-state index in [4.69, 9.17) is 14.2 Å². The third-order valence-electron chi connectivity index (χ3n) is 12.7. The van der Waals surface area contributed by atoms with E-state index in [9.17, 15) is 14.4 Å². The molecule has 0 aromatic rings. The molecule has 442 valence electrons. The first-order valence-corrected chi connectivity index (χ1v) is 31.6. The summed E-state index contributed by atoms with van der Waals surface area (Å²) in [4.78, 5) is 38.3. The number of carbonyl (C=O) groups excluding carboxylic acids is 3. The van der Waals surface area contributed by atoms with E-state index in [-0.39, 0.29) is 31.1 Å². The molecule has 0 rings (SSSR count). The van der Waals surface area contributed by atoms with Crippen LogP contribution in [0.1, 0.15) is 252 Å². The van der Waals surface area contributed by atoms with E-state index in [0.717, 1.165) is 180 Å². The average Bonchev–Trinajstić information content (AvgIpc) is 3.45. The van der Waals surface area contributed by atoms with Crippen LogP contribution >= 0.6 is 0 Å². The molecule has 79 heavy (non-hydrogen) atoms. The number of allylic oxidation sites excluding steroid dienone is 28. The number of unbranched alkanes of at least 4 members (excludes halogenated alkanes) is 16. The lowest BCUT2D eigenvalue weighted by molar-refractivity contribution is -0.167. The second kappa shape index (κ2) is 65.3. The maximum atomic E-state index is 12.9. The standard InChI is InChI=1S/C73H114O6/c1-4-7-10-13-16-19-22-25-27-29-31-33-34-35-36-37-38-40-41-43-45-48-51-54-57-60-63-66-72(75)78-69-70(68-77-71(74)65-62-59-56-53-50-47-24-21-18-15-12-9-6-3)79-73(76)67-64-61-58-55-52-49-46-44-42-39-32-30-28-26-23-20-17-14-11-8-5-2/h7-12,16-21,25-28,31-33,35-36,38-40,43,45,47,50,70H,4-6,13-15,22-24,29-30,34,37,41-42,44,46,48-49,51-69H2,1-3H3/b10-7-,11-8-,12-9-,19-16-,20-17-,21-18-,27-25-,28-26-,33-31-,36-35-,39-32-,40-38-,45-43-,50-47-. The highest BCUT2D eigenvalue weighted by Gasteiger charge is 2.19. The smallest absolute Gasteiger partial charge is 0.306 e. The summed E-state index contributed by atoms with van der Waals surface area (Å²) < 4.78 is 16.9. The first-order valence-electron chi connectivity index (χ1n) is 31.6. The van der Waals surface area contributed by atoms with Crippen molar-refractivity contribution in [2.45, 2.75) is 258 Å². The molecule has 0 N–H and O–H groups in total. The van der Waals surface area contributed by atoms with E-state index >= 15 is 0 Å². The van der Waals surface area contributed by atoms with Gasteiger partial charge in [-0.15, -0.1) is 0 Å². The Hall–Kier alpha value is -5.23. The third kappa shape index (κ3) is 63.5. The summed E-state index contributed by atoms with van der Waals surface area (Å²) >= 11 is 0. The Morgan fingerprint density at radius 3 is 0.722 bits per heavy atom. The summed E-state index contributed by atoms with van der Waals surface area (Å²) in [6.45, 7) is 6.24. The van der Waals surface area contributed by atoms with Crippen molar-refractivity contribution in [1.82, 2.24) is 0 Å². The predicted molar refractivity (Wildman–Crippen MR) is 343 cm³/mol. The van der Waals surface area contributed by atoms with E-state index < -0.39 is 6.10 Å². The lowest BCUT2D eigenvalue weighted by Crippen LogP contribution is -2.30. The van der Waals surface area contributed by atoms with E-state index in [1.807, 2.05) is 0 Å². The van der Waals surface area contributed by atoms with Crippen molar-refractivity contribution in [1.29, 1.82) is 0 Å². The lowest BCUT2D eigenvalue weighted by Gasteiger charge is -2.18. The monoisotopic (exact) mass is 1090 g/mol. The van der Waals surface area contributed by atoms with Crippen LogP contribution in [-0.2, 0) is 28.6 Å². The molecule has 1 unspecified atom stereocenters. The molecule has 0 aliphatic heterocycles. The van der Waals surface area contributed by atoms with Crippen LogP contribution in [0.25, 0.3) is 0 Å². The number of carbonyl (C=O) groups is 3. The first-order chi connectivity index (χ1) is 39.0. The van der Waals surface area contributed by atoms with Crippen molar-refractivity contribution >= 4 is 17.9 Å². The number of ether oxygens (including phenoxy) is 3. The normalized spacial score (nSPS) is 13.3. The molecule has 6 heteroatoms. The van der Waals surface area contributed by atoms with E-state index in [1.165, 1.54) is 32.1 Å². The van der Waals surface area contributed by atoms with Crippen LogP contribution in [0.3, 0.4) is 0 Å². The van der Waals surface area contributed by atoms with Gasteiger partial charge >= 0.3 is 17.9 Å². The minimum Gasteiger partial charge on any atom is -0.462 e. The molecule has 0 saturated carbocycles. The van der Waals surface area contributed by atoms with Crippen molar-refractivity contribution in [3.05, 3.63) is 170 Å². The quantitative estimate of drug-likeness (QED) is 0.0261. The maximum Gasteiger partial charge on any atom is 0.306 e. The van der Waals surface area contributed by atoms with Gasteiger partial charge in [0.1, 0.15) is 13.2 Å². The fourth-order valence-corrected chi connectivity index (χ4v) is 8.07. The second-order valence-electron chi connectivity index (χ2n) is 20.2. The molecule has 0 aliphatic rings. The van der Waals surface area contributed by atoms with Crippen molar-refractivity contribution in [2.24, 2.45) is 0 Å². The highest BCUT2D eigenvalue weighted by molar-refractivity contribution is 5.71. The van der Waals surface area contributed by atoms with Crippen LogP contribution in [0.15, 0.2) is 170 Å².